The van der Waals surface area contributed by atoms with Gasteiger partial charge in [-0.05, 0) is 32.3 Å². The Hall–Kier alpha value is -3.01. The van der Waals surface area contributed by atoms with Crippen LogP contribution in [0.2, 0.25) is 0 Å². The third-order valence-corrected chi connectivity index (χ3v) is 6.12. The number of rotatable bonds is 6. The zero-order chi connectivity index (χ0) is 19.9. The first kappa shape index (κ1) is 18.4. The maximum atomic E-state index is 14.1. The molecule has 144 valence electrons. The van der Waals surface area contributed by atoms with Gasteiger partial charge in [-0.1, -0.05) is 18.2 Å². The van der Waals surface area contributed by atoms with Crippen LogP contribution >= 0.6 is 0 Å². The molecule has 3 fully saturated rings. The van der Waals surface area contributed by atoms with Gasteiger partial charge in [-0.15, -0.1) is 0 Å². The molecule has 3 aliphatic rings. The molecule has 0 spiro atoms. The molecular weight excluding hydrogens is 359 g/mol. The van der Waals surface area contributed by atoms with E-state index in [1.54, 1.807) is 30.1 Å². The Morgan fingerprint density at radius 2 is 2.04 bits per heavy atom. The average molecular weight is 380 g/mol. The second-order valence-corrected chi connectivity index (χ2v) is 8.06. The zero-order valence-corrected chi connectivity index (χ0v) is 15.9. The SMILES string of the molecule is CC(c1ccccc1F)N(C)C(=O)C12CC(COc3cnc(C#N)cn3)(C1)C2. The van der Waals surface area contributed by atoms with Crippen LogP contribution in [0, 0.1) is 28.0 Å². The van der Waals surface area contributed by atoms with Crippen molar-refractivity contribution in [2.75, 3.05) is 13.7 Å². The van der Waals surface area contributed by atoms with Crippen LogP contribution in [-0.4, -0.2) is 34.4 Å². The number of amides is 1. The summed E-state index contributed by atoms with van der Waals surface area (Å²) < 4.78 is 19.8. The van der Waals surface area contributed by atoms with Crippen LogP contribution < -0.4 is 4.74 Å². The standard InChI is InChI=1S/C21H21FN4O2/c1-14(16-5-3-4-6-17(16)22)26(2)19(27)21-10-20(11-21,12-21)13-28-18-9-24-15(7-23)8-25-18/h3-6,8-9,14H,10-13H2,1-2H3. The molecular formula is C21H21FN4O2. The number of carbonyl (C=O) groups excluding carboxylic acids is 1. The minimum Gasteiger partial charge on any atom is -0.476 e. The van der Waals surface area contributed by atoms with Crippen molar-refractivity contribution < 1.29 is 13.9 Å². The summed E-state index contributed by atoms with van der Waals surface area (Å²) in [6.45, 7) is 2.33. The Balaban J connectivity index is 1.33. The lowest BCUT2D eigenvalue weighted by Crippen LogP contribution is -2.69. The van der Waals surface area contributed by atoms with Gasteiger partial charge in [0.25, 0.3) is 0 Å². The summed E-state index contributed by atoms with van der Waals surface area (Å²) in [5.41, 5.74) is 0.443. The lowest BCUT2D eigenvalue weighted by Gasteiger charge is -2.69. The number of nitrogens with zero attached hydrogens (tertiary/aromatic N) is 4. The summed E-state index contributed by atoms with van der Waals surface area (Å²) in [4.78, 5) is 22.7. The third-order valence-electron chi connectivity index (χ3n) is 6.12. The molecule has 0 N–H and O–H groups in total. The Morgan fingerprint density at radius 3 is 2.64 bits per heavy atom. The van der Waals surface area contributed by atoms with Gasteiger partial charge in [-0.25, -0.2) is 14.4 Å². The second kappa shape index (κ2) is 6.55. The summed E-state index contributed by atoms with van der Waals surface area (Å²) in [5.74, 6) is 0.165. The number of hydrogen-bond acceptors (Lipinski definition) is 5. The van der Waals surface area contributed by atoms with Crippen molar-refractivity contribution in [1.29, 1.82) is 5.26 Å². The highest BCUT2D eigenvalue weighted by atomic mass is 19.1. The Labute approximate surface area is 163 Å². The van der Waals surface area contributed by atoms with Crippen LogP contribution in [0.1, 0.15) is 43.5 Å². The van der Waals surface area contributed by atoms with E-state index in [4.69, 9.17) is 10.00 Å². The lowest BCUT2D eigenvalue weighted by molar-refractivity contribution is -0.226. The molecule has 2 bridgehead atoms. The number of benzene rings is 1. The van der Waals surface area contributed by atoms with Gasteiger partial charge >= 0.3 is 0 Å². The van der Waals surface area contributed by atoms with E-state index >= 15 is 0 Å². The van der Waals surface area contributed by atoms with Crippen molar-refractivity contribution in [3.63, 3.8) is 0 Å². The van der Waals surface area contributed by atoms with Crippen LogP contribution in [0.3, 0.4) is 0 Å². The fraction of sp³-hybridized carbons (Fsp3) is 0.429. The maximum absolute atomic E-state index is 14.1. The van der Waals surface area contributed by atoms with Crippen molar-refractivity contribution in [3.05, 3.63) is 53.7 Å². The van der Waals surface area contributed by atoms with E-state index in [9.17, 15) is 9.18 Å². The minimum absolute atomic E-state index is 0.00726. The topological polar surface area (TPSA) is 79.1 Å². The highest BCUT2D eigenvalue weighted by molar-refractivity contribution is 5.86. The molecule has 7 heteroatoms. The summed E-state index contributed by atoms with van der Waals surface area (Å²) in [7, 11) is 1.75. The number of nitriles is 1. The molecule has 2 aromatic rings. The number of aromatic nitrogens is 2. The molecule has 1 aromatic heterocycles. The highest BCUT2D eigenvalue weighted by Crippen LogP contribution is 2.73. The van der Waals surface area contributed by atoms with Gasteiger partial charge in [0.2, 0.25) is 11.8 Å². The van der Waals surface area contributed by atoms with Gasteiger partial charge in [0.1, 0.15) is 11.9 Å². The van der Waals surface area contributed by atoms with Gasteiger partial charge in [0.15, 0.2) is 5.69 Å². The summed E-state index contributed by atoms with van der Waals surface area (Å²) in [6, 6.07) is 8.17. The molecule has 5 rings (SSSR count). The minimum atomic E-state index is -0.339. The van der Waals surface area contributed by atoms with E-state index < -0.39 is 0 Å². The van der Waals surface area contributed by atoms with Crippen LogP contribution in [-0.2, 0) is 4.79 Å². The van der Waals surface area contributed by atoms with Crippen molar-refractivity contribution >= 4 is 5.91 Å². The lowest BCUT2D eigenvalue weighted by atomic mass is 9.35. The fourth-order valence-corrected chi connectivity index (χ4v) is 4.63. The van der Waals surface area contributed by atoms with E-state index in [1.807, 2.05) is 13.0 Å². The molecule has 1 unspecified atom stereocenters. The smallest absolute Gasteiger partial charge is 0.232 e. The molecule has 1 atom stereocenters. The first-order valence-electron chi connectivity index (χ1n) is 9.25. The van der Waals surface area contributed by atoms with Gasteiger partial charge in [0.05, 0.1) is 30.5 Å². The number of hydrogen-bond donors (Lipinski definition) is 0. The van der Waals surface area contributed by atoms with E-state index in [0.717, 1.165) is 19.3 Å². The summed E-state index contributed by atoms with van der Waals surface area (Å²) in [6.07, 6.45) is 5.14. The molecule has 3 saturated carbocycles. The molecule has 1 heterocycles. The van der Waals surface area contributed by atoms with Gasteiger partial charge in [0, 0.05) is 18.0 Å². The number of halogens is 1. The van der Waals surface area contributed by atoms with Crippen molar-refractivity contribution in [1.82, 2.24) is 14.9 Å². The molecule has 1 aromatic carbocycles. The predicted molar refractivity (Wildman–Crippen MR) is 98.5 cm³/mol. The van der Waals surface area contributed by atoms with E-state index in [1.165, 1.54) is 18.5 Å². The van der Waals surface area contributed by atoms with Gasteiger partial charge in [-0.2, -0.15) is 5.26 Å². The normalized spacial score (nSPS) is 25.6. The molecule has 0 aliphatic heterocycles. The largest absolute Gasteiger partial charge is 0.476 e. The first-order valence-corrected chi connectivity index (χ1v) is 9.25. The Bertz CT molecular complexity index is 934. The first-order chi connectivity index (χ1) is 13.4. The number of ether oxygens (including phenoxy) is 1. The van der Waals surface area contributed by atoms with E-state index in [0.29, 0.717) is 18.1 Å². The monoisotopic (exact) mass is 380 g/mol. The van der Waals surface area contributed by atoms with Gasteiger partial charge in [-0.3, -0.25) is 4.79 Å². The quantitative estimate of drug-likeness (QED) is 0.769. The van der Waals surface area contributed by atoms with Crippen molar-refractivity contribution in [2.45, 2.75) is 32.2 Å². The predicted octanol–water partition coefficient (Wildman–Crippen LogP) is 3.26. The fourth-order valence-electron chi connectivity index (χ4n) is 4.63. The van der Waals surface area contributed by atoms with E-state index in [-0.39, 0.29) is 34.3 Å². The van der Waals surface area contributed by atoms with E-state index in [2.05, 4.69) is 9.97 Å². The van der Waals surface area contributed by atoms with Gasteiger partial charge < -0.3 is 9.64 Å². The van der Waals surface area contributed by atoms with Crippen molar-refractivity contribution in [3.8, 4) is 11.9 Å². The van der Waals surface area contributed by atoms with Crippen LogP contribution in [0.4, 0.5) is 4.39 Å². The Kier molecular flexibility index (Phi) is 4.30. The van der Waals surface area contributed by atoms with Crippen LogP contribution in [0.5, 0.6) is 5.88 Å². The molecule has 3 aliphatic carbocycles. The average Bonchev–Trinajstić information content (AvgIpc) is 2.65. The summed E-state index contributed by atoms with van der Waals surface area (Å²) in [5, 5.41) is 8.74. The molecule has 1 amide bonds. The molecule has 6 nitrogen and oxygen atoms in total. The molecule has 0 saturated heterocycles. The maximum Gasteiger partial charge on any atom is 0.232 e. The highest BCUT2D eigenvalue weighted by Gasteiger charge is 2.72. The van der Waals surface area contributed by atoms with Crippen LogP contribution in [0.15, 0.2) is 36.7 Å². The third kappa shape index (κ3) is 2.89. The number of carbonyl (C=O) groups is 1. The molecule has 28 heavy (non-hydrogen) atoms. The second-order valence-electron chi connectivity index (χ2n) is 8.06. The summed E-state index contributed by atoms with van der Waals surface area (Å²) >= 11 is 0. The van der Waals surface area contributed by atoms with Crippen LogP contribution in [0.25, 0.3) is 0 Å². The zero-order valence-electron chi connectivity index (χ0n) is 15.9. The van der Waals surface area contributed by atoms with Crippen molar-refractivity contribution in [2.24, 2.45) is 10.8 Å². The Morgan fingerprint density at radius 1 is 1.32 bits per heavy atom. The molecule has 0 radical (unpaired) electrons.